The number of carboxylic acids is 1. The number of carbonyl (C=O) groups excluding carboxylic acids is 1. The lowest BCUT2D eigenvalue weighted by Crippen LogP contribution is -2.50. The molecule has 0 radical (unpaired) electrons. The van der Waals surface area contributed by atoms with Crippen molar-refractivity contribution in [3.63, 3.8) is 0 Å². The smallest absolute Gasteiger partial charge is 0.328 e. The van der Waals surface area contributed by atoms with Crippen LogP contribution in [0.1, 0.15) is 31.9 Å². The normalized spacial score (nSPS) is 12.8. The minimum atomic E-state index is -1.18. The zero-order valence-corrected chi connectivity index (χ0v) is 15.0. The lowest BCUT2D eigenvalue weighted by molar-refractivity contribution is -0.151. The van der Waals surface area contributed by atoms with Gasteiger partial charge in [-0.15, -0.1) is 0 Å². The molecule has 1 N–H and O–H groups in total. The third-order valence-electron chi connectivity index (χ3n) is 4.04. The van der Waals surface area contributed by atoms with Crippen molar-refractivity contribution in [1.29, 1.82) is 0 Å². The van der Waals surface area contributed by atoms with Gasteiger partial charge < -0.3 is 5.11 Å². The summed E-state index contributed by atoms with van der Waals surface area (Å²) in [6.45, 7) is 6.07. The molecule has 0 saturated carbocycles. The van der Waals surface area contributed by atoms with Crippen molar-refractivity contribution < 1.29 is 14.7 Å². The van der Waals surface area contributed by atoms with E-state index in [0.29, 0.717) is 13.1 Å². The van der Waals surface area contributed by atoms with Crippen LogP contribution in [0.4, 0.5) is 0 Å². The predicted molar refractivity (Wildman–Crippen MR) is 98.0 cm³/mol. The van der Waals surface area contributed by atoms with Gasteiger partial charge in [-0.2, -0.15) is 0 Å². The van der Waals surface area contributed by atoms with Crippen LogP contribution in [0.25, 0.3) is 0 Å². The van der Waals surface area contributed by atoms with E-state index in [0.717, 1.165) is 11.1 Å². The molecule has 25 heavy (non-hydrogen) atoms. The Morgan fingerprint density at radius 3 is 1.60 bits per heavy atom. The van der Waals surface area contributed by atoms with Gasteiger partial charge >= 0.3 is 5.97 Å². The van der Waals surface area contributed by atoms with Gasteiger partial charge in [-0.1, -0.05) is 81.4 Å². The molecule has 2 aromatic carbocycles. The molecule has 0 saturated heterocycles. The summed E-state index contributed by atoms with van der Waals surface area (Å²) in [5, 5.41) is 9.77. The monoisotopic (exact) mass is 339 g/mol. The number of rotatable bonds is 7. The van der Waals surface area contributed by atoms with Gasteiger partial charge in [-0.3, -0.25) is 14.5 Å². The van der Waals surface area contributed by atoms with Crippen LogP contribution in [0.15, 0.2) is 60.7 Å². The van der Waals surface area contributed by atoms with E-state index < -0.39 is 17.4 Å². The van der Waals surface area contributed by atoms with Crippen LogP contribution in [-0.2, 0) is 22.7 Å². The predicted octanol–water partition coefficient (Wildman–Crippen LogP) is 3.76. The number of benzene rings is 2. The molecule has 0 aliphatic carbocycles. The largest absolute Gasteiger partial charge is 0.480 e. The molecule has 0 spiro atoms. The third kappa shape index (κ3) is 5.26. The van der Waals surface area contributed by atoms with Gasteiger partial charge in [0.15, 0.2) is 11.8 Å². The van der Waals surface area contributed by atoms with Crippen molar-refractivity contribution in [3.8, 4) is 0 Å². The fourth-order valence-corrected chi connectivity index (χ4v) is 2.72. The Kier molecular flexibility index (Phi) is 6.10. The first kappa shape index (κ1) is 18.9. The topological polar surface area (TPSA) is 57.6 Å². The maximum Gasteiger partial charge on any atom is 0.328 e. The average molecular weight is 339 g/mol. The van der Waals surface area contributed by atoms with Gasteiger partial charge in [-0.05, 0) is 11.1 Å². The zero-order valence-electron chi connectivity index (χ0n) is 15.0. The van der Waals surface area contributed by atoms with Crippen molar-refractivity contribution in [1.82, 2.24) is 4.90 Å². The van der Waals surface area contributed by atoms with E-state index in [1.54, 1.807) is 25.7 Å². The molecule has 132 valence electrons. The standard InChI is InChI=1S/C21H25NO3/c1-21(2,3)19(23)18(20(24)25)22(14-16-10-6-4-7-11-16)15-17-12-8-5-9-13-17/h4-13,18H,14-15H2,1-3H3,(H,24,25). The molecule has 2 rings (SSSR count). The van der Waals surface area contributed by atoms with Gasteiger partial charge in [0.25, 0.3) is 0 Å². The molecule has 4 heteroatoms. The van der Waals surface area contributed by atoms with Crippen molar-refractivity contribution in [2.24, 2.45) is 5.41 Å². The summed E-state index contributed by atoms with van der Waals surface area (Å²) in [4.78, 5) is 26.5. The first-order chi connectivity index (χ1) is 11.8. The SMILES string of the molecule is CC(C)(C)C(=O)C(C(=O)O)N(Cc1ccccc1)Cc1ccccc1. The third-order valence-corrected chi connectivity index (χ3v) is 4.04. The lowest BCUT2D eigenvalue weighted by Gasteiger charge is -2.32. The Morgan fingerprint density at radius 2 is 1.28 bits per heavy atom. The molecule has 0 bridgehead atoms. The van der Waals surface area contributed by atoms with Gasteiger partial charge in [0, 0.05) is 18.5 Å². The van der Waals surface area contributed by atoms with Crippen molar-refractivity contribution >= 4 is 11.8 Å². The number of carbonyl (C=O) groups is 2. The first-order valence-corrected chi connectivity index (χ1v) is 8.38. The van der Waals surface area contributed by atoms with Crippen LogP contribution in [0, 0.1) is 5.41 Å². The summed E-state index contributed by atoms with van der Waals surface area (Å²) in [6.07, 6.45) is 0. The van der Waals surface area contributed by atoms with Crippen molar-refractivity contribution in [2.75, 3.05) is 0 Å². The van der Waals surface area contributed by atoms with E-state index in [1.165, 1.54) is 0 Å². The van der Waals surface area contributed by atoms with Crippen molar-refractivity contribution in [3.05, 3.63) is 71.8 Å². The summed E-state index contributed by atoms with van der Waals surface area (Å²) in [5.74, 6) is -1.39. The molecule has 0 fully saturated rings. The second kappa shape index (κ2) is 8.08. The second-order valence-corrected chi connectivity index (χ2v) is 7.23. The molecule has 0 aliphatic heterocycles. The summed E-state index contributed by atoms with van der Waals surface area (Å²) in [5.41, 5.74) is 1.23. The molecule has 4 nitrogen and oxygen atoms in total. The lowest BCUT2D eigenvalue weighted by atomic mass is 9.85. The van der Waals surface area contributed by atoms with E-state index in [-0.39, 0.29) is 5.78 Å². The number of Topliss-reactive ketones (excluding diaryl/α,β-unsaturated/α-hetero) is 1. The average Bonchev–Trinajstić information content (AvgIpc) is 2.55. The zero-order chi connectivity index (χ0) is 18.4. The van der Waals surface area contributed by atoms with Gasteiger partial charge in [0.2, 0.25) is 0 Å². The Labute approximate surface area is 149 Å². The first-order valence-electron chi connectivity index (χ1n) is 8.38. The quantitative estimate of drug-likeness (QED) is 0.781. The summed E-state index contributed by atoms with van der Waals surface area (Å²) >= 11 is 0. The maximum absolute atomic E-state index is 12.8. The summed E-state index contributed by atoms with van der Waals surface area (Å²) in [6, 6.07) is 18.1. The Morgan fingerprint density at radius 1 is 0.880 bits per heavy atom. The summed E-state index contributed by atoms with van der Waals surface area (Å²) < 4.78 is 0. The van der Waals surface area contributed by atoms with Crippen LogP contribution in [0.3, 0.4) is 0 Å². The van der Waals surface area contributed by atoms with E-state index in [4.69, 9.17) is 0 Å². The number of hydrogen-bond acceptors (Lipinski definition) is 3. The highest BCUT2D eigenvalue weighted by Gasteiger charge is 2.38. The molecule has 1 unspecified atom stereocenters. The number of hydrogen-bond donors (Lipinski definition) is 1. The molecule has 0 heterocycles. The van der Waals surface area contributed by atoms with Gasteiger partial charge in [0.1, 0.15) is 0 Å². The molecule has 0 aliphatic rings. The number of carboxylic acid groups (broad SMARTS) is 1. The van der Waals surface area contributed by atoms with Crippen LogP contribution in [0.5, 0.6) is 0 Å². The van der Waals surface area contributed by atoms with Crippen LogP contribution in [-0.4, -0.2) is 27.8 Å². The highest BCUT2D eigenvalue weighted by atomic mass is 16.4. The minimum Gasteiger partial charge on any atom is -0.480 e. The maximum atomic E-state index is 12.8. The van der Waals surface area contributed by atoms with E-state index in [1.807, 2.05) is 60.7 Å². The Bertz CT molecular complexity index is 663. The van der Waals surface area contributed by atoms with Gasteiger partial charge in [0.05, 0.1) is 0 Å². The van der Waals surface area contributed by atoms with E-state index in [9.17, 15) is 14.7 Å². The number of aliphatic carboxylic acids is 1. The minimum absolute atomic E-state index is 0.285. The second-order valence-electron chi connectivity index (χ2n) is 7.23. The highest BCUT2D eigenvalue weighted by Crippen LogP contribution is 2.23. The molecule has 0 amide bonds. The number of nitrogens with zero attached hydrogens (tertiary/aromatic N) is 1. The molecular weight excluding hydrogens is 314 g/mol. The van der Waals surface area contributed by atoms with Crippen LogP contribution in [0.2, 0.25) is 0 Å². The van der Waals surface area contributed by atoms with Crippen LogP contribution < -0.4 is 0 Å². The highest BCUT2D eigenvalue weighted by molar-refractivity contribution is 6.04. The van der Waals surface area contributed by atoms with Gasteiger partial charge in [-0.25, -0.2) is 0 Å². The van der Waals surface area contributed by atoms with E-state index in [2.05, 4.69) is 0 Å². The fraction of sp³-hybridized carbons (Fsp3) is 0.333. The molecular formula is C21H25NO3. The van der Waals surface area contributed by atoms with Crippen LogP contribution >= 0.6 is 0 Å². The fourth-order valence-electron chi connectivity index (χ4n) is 2.72. The van der Waals surface area contributed by atoms with Crippen molar-refractivity contribution in [2.45, 2.75) is 39.9 Å². The molecule has 2 aromatic rings. The van der Waals surface area contributed by atoms with E-state index >= 15 is 0 Å². The summed E-state index contributed by atoms with van der Waals surface area (Å²) in [7, 11) is 0. The molecule has 1 atom stereocenters. The Hall–Kier alpha value is -2.46. The number of ketones is 1. The Balaban J connectivity index is 2.36. The molecule has 0 aromatic heterocycles.